The lowest BCUT2D eigenvalue weighted by Gasteiger charge is -2.08. The van der Waals surface area contributed by atoms with Gasteiger partial charge < -0.3 is 15.6 Å². The van der Waals surface area contributed by atoms with Gasteiger partial charge in [-0.15, -0.1) is 0 Å². The number of amides is 2. The van der Waals surface area contributed by atoms with Crippen molar-refractivity contribution in [2.45, 2.75) is 12.8 Å². The predicted molar refractivity (Wildman–Crippen MR) is 109 cm³/mol. The SMILES string of the molecule is O=C(Nc1ccc(CCc2nc3ccccc3[nH]2)cc1)Nc1cccc(F)c1. The number of nitrogens with zero attached hydrogens (tertiary/aromatic N) is 1. The first kappa shape index (κ1) is 17.7. The summed E-state index contributed by atoms with van der Waals surface area (Å²) in [6.07, 6.45) is 1.65. The largest absolute Gasteiger partial charge is 0.342 e. The Labute approximate surface area is 161 Å². The van der Waals surface area contributed by atoms with Crippen molar-refractivity contribution in [1.82, 2.24) is 9.97 Å². The summed E-state index contributed by atoms with van der Waals surface area (Å²) in [5.74, 6) is 0.560. The molecule has 4 rings (SSSR count). The van der Waals surface area contributed by atoms with E-state index in [0.717, 1.165) is 35.3 Å². The fraction of sp³-hybridized carbons (Fsp3) is 0.0909. The number of anilines is 2. The number of H-pyrrole nitrogens is 1. The van der Waals surface area contributed by atoms with Gasteiger partial charge in [-0.3, -0.25) is 0 Å². The molecule has 0 aliphatic rings. The number of hydrogen-bond acceptors (Lipinski definition) is 2. The number of urea groups is 1. The van der Waals surface area contributed by atoms with Crippen molar-refractivity contribution in [3.8, 4) is 0 Å². The highest BCUT2D eigenvalue weighted by atomic mass is 19.1. The fourth-order valence-corrected chi connectivity index (χ4v) is 3.00. The molecule has 0 bridgehead atoms. The highest BCUT2D eigenvalue weighted by Crippen LogP contribution is 2.15. The van der Waals surface area contributed by atoms with Crippen LogP contribution in [0.2, 0.25) is 0 Å². The van der Waals surface area contributed by atoms with E-state index in [9.17, 15) is 9.18 Å². The van der Waals surface area contributed by atoms with Gasteiger partial charge in [0.2, 0.25) is 0 Å². The Morgan fingerprint density at radius 1 is 0.893 bits per heavy atom. The highest BCUT2D eigenvalue weighted by Gasteiger charge is 2.05. The van der Waals surface area contributed by atoms with Crippen LogP contribution in [-0.4, -0.2) is 16.0 Å². The number of rotatable bonds is 5. The average Bonchev–Trinajstić information content (AvgIpc) is 3.10. The molecule has 0 spiro atoms. The van der Waals surface area contributed by atoms with Crippen LogP contribution in [0.4, 0.5) is 20.6 Å². The van der Waals surface area contributed by atoms with E-state index < -0.39 is 11.8 Å². The van der Waals surface area contributed by atoms with E-state index in [0.29, 0.717) is 11.4 Å². The third kappa shape index (κ3) is 4.35. The predicted octanol–water partition coefficient (Wildman–Crippen LogP) is 5.13. The van der Waals surface area contributed by atoms with Gasteiger partial charge >= 0.3 is 6.03 Å². The molecular formula is C22H19FN4O. The Morgan fingerprint density at radius 3 is 2.46 bits per heavy atom. The Morgan fingerprint density at radius 2 is 1.68 bits per heavy atom. The number of carbonyl (C=O) groups excluding carboxylic acids is 1. The number of benzene rings is 3. The summed E-state index contributed by atoms with van der Waals surface area (Å²) < 4.78 is 13.2. The number of fused-ring (bicyclic) bond motifs is 1. The number of aromatic nitrogens is 2. The molecule has 140 valence electrons. The number of para-hydroxylation sites is 2. The van der Waals surface area contributed by atoms with E-state index in [2.05, 4.69) is 20.6 Å². The van der Waals surface area contributed by atoms with Gasteiger partial charge in [0.1, 0.15) is 11.6 Å². The van der Waals surface area contributed by atoms with Crippen LogP contribution >= 0.6 is 0 Å². The summed E-state index contributed by atoms with van der Waals surface area (Å²) in [6, 6.07) is 21.0. The third-order valence-electron chi connectivity index (χ3n) is 4.38. The standard InChI is InChI=1S/C22H19FN4O/c23-16-4-3-5-18(14-16)25-22(28)24-17-11-8-15(9-12-17)10-13-21-26-19-6-1-2-7-20(19)27-21/h1-9,11-12,14H,10,13H2,(H,26,27)(H2,24,25,28). The van der Waals surface area contributed by atoms with Crippen LogP contribution in [0.5, 0.6) is 0 Å². The van der Waals surface area contributed by atoms with Crippen LogP contribution in [0, 0.1) is 5.82 Å². The Kier molecular flexibility index (Phi) is 5.01. The van der Waals surface area contributed by atoms with Crippen molar-refractivity contribution in [3.63, 3.8) is 0 Å². The molecule has 3 aromatic carbocycles. The molecule has 3 N–H and O–H groups in total. The van der Waals surface area contributed by atoms with Crippen molar-refractivity contribution in [1.29, 1.82) is 0 Å². The molecule has 28 heavy (non-hydrogen) atoms. The fourth-order valence-electron chi connectivity index (χ4n) is 3.00. The molecule has 0 fully saturated rings. The lowest BCUT2D eigenvalue weighted by atomic mass is 10.1. The van der Waals surface area contributed by atoms with E-state index in [4.69, 9.17) is 0 Å². The first-order chi connectivity index (χ1) is 13.7. The lowest BCUT2D eigenvalue weighted by Crippen LogP contribution is -2.19. The number of nitrogens with one attached hydrogen (secondary N) is 3. The number of hydrogen-bond donors (Lipinski definition) is 3. The molecular weight excluding hydrogens is 355 g/mol. The maximum Gasteiger partial charge on any atom is 0.323 e. The van der Waals surface area contributed by atoms with Crippen molar-refractivity contribution in [2.75, 3.05) is 10.6 Å². The number of carbonyl (C=O) groups is 1. The minimum atomic E-state index is -0.416. The molecule has 5 nitrogen and oxygen atoms in total. The van der Waals surface area contributed by atoms with E-state index >= 15 is 0 Å². The molecule has 6 heteroatoms. The zero-order valence-electron chi connectivity index (χ0n) is 15.1. The topological polar surface area (TPSA) is 69.8 Å². The Hall–Kier alpha value is -3.67. The van der Waals surface area contributed by atoms with E-state index in [1.54, 1.807) is 12.1 Å². The molecule has 0 radical (unpaired) electrons. The van der Waals surface area contributed by atoms with Crippen molar-refractivity contribution >= 4 is 28.4 Å². The zero-order chi connectivity index (χ0) is 19.3. The highest BCUT2D eigenvalue weighted by molar-refractivity contribution is 5.99. The van der Waals surface area contributed by atoms with E-state index in [-0.39, 0.29) is 0 Å². The van der Waals surface area contributed by atoms with Gasteiger partial charge in [-0.2, -0.15) is 0 Å². The summed E-state index contributed by atoms with van der Waals surface area (Å²) in [6.45, 7) is 0. The number of imidazole rings is 1. The first-order valence-electron chi connectivity index (χ1n) is 9.02. The van der Waals surface area contributed by atoms with Crippen LogP contribution in [-0.2, 0) is 12.8 Å². The quantitative estimate of drug-likeness (QED) is 0.453. The Balaban J connectivity index is 1.32. The molecule has 2 amide bonds. The average molecular weight is 374 g/mol. The first-order valence-corrected chi connectivity index (χ1v) is 9.02. The normalized spacial score (nSPS) is 10.8. The van der Waals surface area contributed by atoms with Gasteiger partial charge in [-0.05, 0) is 54.4 Å². The number of aromatic amines is 1. The minimum absolute atomic E-state index is 0.397. The van der Waals surface area contributed by atoms with Crippen LogP contribution in [0.1, 0.15) is 11.4 Å². The van der Waals surface area contributed by atoms with Gasteiger partial charge in [-0.25, -0.2) is 14.2 Å². The van der Waals surface area contributed by atoms with Gasteiger partial charge in [-0.1, -0.05) is 30.3 Å². The summed E-state index contributed by atoms with van der Waals surface area (Å²) in [7, 11) is 0. The number of aryl methyl sites for hydroxylation is 2. The number of halogens is 1. The summed E-state index contributed by atoms with van der Waals surface area (Å²) in [5.41, 5.74) is 4.24. The third-order valence-corrected chi connectivity index (χ3v) is 4.38. The summed E-state index contributed by atoms with van der Waals surface area (Å²) in [5, 5.41) is 5.34. The van der Waals surface area contributed by atoms with E-state index in [1.807, 2.05) is 48.5 Å². The molecule has 0 saturated carbocycles. The van der Waals surface area contributed by atoms with Crippen LogP contribution in [0.3, 0.4) is 0 Å². The smallest absolute Gasteiger partial charge is 0.323 e. The van der Waals surface area contributed by atoms with Crippen molar-refractivity contribution in [2.24, 2.45) is 0 Å². The molecule has 1 aromatic heterocycles. The van der Waals surface area contributed by atoms with Gasteiger partial charge in [0.05, 0.1) is 11.0 Å². The second kappa shape index (κ2) is 7.92. The summed E-state index contributed by atoms with van der Waals surface area (Å²) >= 11 is 0. The van der Waals surface area contributed by atoms with Crippen LogP contribution in [0.25, 0.3) is 11.0 Å². The maximum absolute atomic E-state index is 13.2. The van der Waals surface area contributed by atoms with Gasteiger partial charge in [0, 0.05) is 17.8 Å². The minimum Gasteiger partial charge on any atom is -0.342 e. The van der Waals surface area contributed by atoms with Crippen LogP contribution in [0.15, 0.2) is 72.8 Å². The molecule has 4 aromatic rings. The second-order valence-corrected chi connectivity index (χ2v) is 6.49. The molecule has 0 aliphatic carbocycles. The van der Waals surface area contributed by atoms with Gasteiger partial charge in [0.15, 0.2) is 0 Å². The zero-order valence-corrected chi connectivity index (χ0v) is 15.1. The van der Waals surface area contributed by atoms with Gasteiger partial charge in [0.25, 0.3) is 0 Å². The molecule has 0 unspecified atom stereocenters. The van der Waals surface area contributed by atoms with Crippen molar-refractivity contribution in [3.05, 3.63) is 90.0 Å². The maximum atomic E-state index is 13.2. The van der Waals surface area contributed by atoms with E-state index in [1.165, 1.54) is 12.1 Å². The molecule has 1 heterocycles. The summed E-state index contributed by atoms with van der Waals surface area (Å²) in [4.78, 5) is 19.9. The lowest BCUT2D eigenvalue weighted by molar-refractivity contribution is 0.262. The van der Waals surface area contributed by atoms with Crippen LogP contribution < -0.4 is 10.6 Å². The second-order valence-electron chi connectivity index (χ2n) is 6.49. The molecule has 0 aliphatic heterocycles. The molecule has 0 atom stereocenters. The van der Waals surface area contributed by atoms with Crippen molar-refractivity contribution < 1.29 is 9.18 Å². The molecule has 0 saturated heterocycles. The monoisotopic (exact) mass is 374 g/mol. The Bertz CT molecular complexity index is 1070.